The van der Waals surface area contributed by atoms with E-state index in [0.717, 1.165) is 224 Å². The van der Waals surface area contributed by atoms with Crippen LogP contribution in [0.2, 0.25) is 0 Å². The van der Waals surface area contributed by atoms with Crippen molar-refractivity contribution in [1.29, 1.82) is 0 Å². The average molecular weight is 1570 g/mol. The number of nitrogens with one attached hydrogen (secondary N) is 8. The molecule has 3 aliphatic heterocycles. The second kappa shape index (κ2) is 37.9. The quantitative estimate of drug-likeness (QED) is 0.0174. The number of fused-ring (bicyclic) bond motifs is 3. The van der Waals surface area contributed by atoms with Gasteiger partial charge >= 0.3 is 0 Å². The molecule has 1 unspecified atom stereocenters. The molecule has 9 aromatic rings. The van der Waals surface area contributed by atoms with Crippen molar-refractivity contribution in [3.8, 4) is 39.7 Å². The van der Waals surface area contributed by atoms with E-state index < -0.39 is 0 Å². The zero-order chi connectivity index (χ0) is 80.8. The van der Waals surface area contributed by atoms with E-state index in [1.54, 1.807) is 25.7 Å². The average Bonchev–Trinajstić information content (AvgIpc) is 1.61. The monoisotopic (exact) mass is 1570 g/mol. The Labute approximate surface area is 674 Å². The molecule has 3 aliphatic carbocycles. The van der Waals surface area contributed by atoms with Crippen LogP contribution in [0.25, 0.3) is 66.5 Å². The van der Waals surface area contributed by atoms with Crippen molar-refractivity contribution in [2.45, 2.75) is 212 Å². The predicted octanol–water partition coefficient (Wildman–Crippen LogP) is 14.9. The first-order chi connectivity index (χ1) is 55.7. The fourth-order valence-corrected chi connectivity index (χ4v) is 17.8. The third kappa shape index (κ3) is 20.7. The summed E-state index contributed by atoms with van der Waals surface area (Å²) in [5.74, 6) is 4.12. The number of nitrogens with zero attached hydrogens (tertiary/aromatic N) is 7. The molecule has 3 saturated carbocycles. The lowest BCUT2D eigenvalue weighted by molar-refractivity contribution is -0.125. The van der Waals surface area contributed by atoms with Crippen molar-refractivity contribution in [2.24, 2.45) is 34.0 Å². The number of ketones is 3. The van der Waals surface area contributed by atoms with Crippen LogP contribution in [0.3, 0.4) is 0 Å². The summed E-state index contributed by atoms with van der Waals surface area (Å²) >= 11 is 0. The van der Waals surface area contributed by atoms with Crippen LogP contribution >= 0.6 is 0 Å². The minimum absolute atomic E-state index is 0.0682. The summed E-state index contributed by atoms with van der Waals surface area (Å²) in [5.41, 5.74) is 6.58. The fourth-order valence-electron chi connectivity index (χ4n) is 17.8. The van der Waals surface area contributed by atoms with Crippen LogP contribution in [-0.4, -0.2) is 162 Å². The van der Waals surface area contributed by atoms with Gasteiger partial charge in [-0.3, -0.25) is 38.4 Å². The van der Waals surface area contributed by atoms with Gasteiger partial charge in [0.2, 0.25) is 23.6 Å². The number of piperidine rings is 3. The van der Waals surface area contributed by atoms with Gasteiger partial charge in [0.25, 0.3) is 11.1 Å². The van der Waals surface area contributed by atoms with Crippen molar-refractivity contribution < 1.29 is 33.5 Å². The lowest BCUT2D eigenvalue weighted by Gasteiger charge is -2.30. The lowest BCUT2D eigenvalue weighted by atomic mass is 9.91. The van der Waals surface area contributed by atoms with E-state index in [2.05, 4.69) is 97.7 Å². The summed E-state index contributed by atoms with van der Waals surface area (Å²) in [6, 6.07) is 28.4. The van der Waals surface area contributed by atoms with E-state index in [4.69, 9.17) is 9.72 Å². The SMILES string of the molecule is CCC(=O)CCCCC[C@H](NC(=O)C1CC12CCN(C)CC2)c1ncc(-c2cc3ccccc3nc2OC)[nH]1.CCC(=O)CCCCC[C@H](NC(=O)[C@@H]1CC12CCN(C)CC2)c1ncc(-c2cc3ccccc3[nH]c2=O)[nH]1.CCC(=O)CCCCC[C@H](NC(=O)[C@H]1CC12CCN(C)CC2)c1ncc(-c2cc3ccccc3[nH]c2=O)[nH]1. The number of likely N-dealkylation sites (tertiary alicyclic amines) is 3. The number of rotatable bonds is 34. The Morgan fingerprint density at radius 2 is 0.757 bits per heavy atom. The highest BCUT2D eigenvalue weighted by atomic mass is 16.5. The van der Waals surface area contributed by atoms with Gasteiger partial charge in [-0.25, -0.2) is 19.9 Å². The number of unbranched alkanes of at least 4 members (excludes halogenated alkanes) is 6. The van der Waals surface area contributed by atoms with Crippen molar-refractivity contribution >= 4 is 67.8 Å². The first-order valence-corrected chi connectivity index (χ1v) is 42.5. The molecule has 24 nitrogen and oxygen atoms in total. The maximum absolute atomic E-state index is 13.4. The van der Waals surface area contributed by atoms with Crippen LogP contribution in [0.1, 0.15) is 230 Å². The van der Waals surface area contributed by atoms with Gasteiger partial charge < -0.3 is 60.3 Å². The number of carbonyl (C=O) groups excluding carboxylic acids is 6. The van der Waals surface area contributed by atoms with Gasteiger partial charge in [0.1, 0.15) is 34.8 Å². The molecule has 0 radical (unpaired) electrons. The summed E-state index contributed by atoms with van der Waals surface area (Å²) in [6.07, 6.45) is 28.5. The zero-order valence-electron chi connectivity index (χ0n) is 68.5. The van der Waals surface area contributed by atoms with E-state index in [1.165, 1.54) is 0 Å². The molecule has 115 heavy (non-hydrogen) atoms. The number of Topliss-reactive ketones (excluding diaryl/α,β-unsaturated/α-hetero) is 3. The van der Waals surface area contributed by atoms with Gasteiger partial charge in [-0.1, -0.05) is 114 Å². The number of hydrogen-bond acceptors (Lipinski definition) is 16. The number of imidazole rings is 3. The Morgan fingerprint density at radius 1 is 0.435 bits per heavy atom. The second-order valence-electron chi connectivity index (χ2n) is 33.9. The molecule has 24 heteroatoms. The smallest absolute Gasteiger partial charge is 0.257 e. The number of pyridine rings is 3. The van der Waals surface area contributed by atoms with E-state index in [0.29, 0.717) is 95.9 Å². The van der Waals surface area contributed by atoms with Crippen LogP contribution in [-0.2, 0) is 28.8 Å². The molecule has 9 heterocycles. The third-order valence-electron chi connectivity index (χ3n) is 26.0. The largest absolute Gasteiger partial charge is 0.480 e. The van der Waals surface area contributed by atoms with Crippen molar-refractivity contribution in [3.05, 3.63) is 148 Å². The minimum Gasteiger partial charge on any atom is -0.480 e. The Balaban J connectivity index is 0.000000150. The van der Waals surface area contributed by atoms with Crippen LogP contribution in [0.15, 0.2) is 119 Å². The number of carbonyl (C=O) groups is 6. The number of methoxy groups -OCH3 is 1. The molecule has 3 spiro atoms. The highest BCUT2D eigenvalue weighted by Crippen LogP contribution is 2.61. The zero-order valence-corrected chi connectivity index (χ0v) is 68.5. The van der Waals surface area contributed by atoms with Gasteiger partial charge in [0.05, 0.1) is 83.1 Å². The second-order valence-corrected chi connectivity index (χ2v) is 33.9. The van der Waals surface area contributed by atoms with E-state index in [9.17, 15) is 38.4 Å². The molecule has 6 fully saturated rings. The van der Waals surface area contributed by atoms with Crippen LogP contribution < -0.4 is 31.8 Å². The summed E-state index contributed by atoms with van der Waals surface area (Å²) in [5, 5.41) is 12.9. The summed E-state index contributed by atoms with van der Waals surface area (Å²) in [4.78, 5) is 143. The van der Waals surface area contributed by atoms with Crippen molar-refractivity contribution in [2.75, 3.05) is 67.5 Å². The maximum atomic E-state index is 13.4. The molecule has 6 atom stereocenters. The molecule has 6 aromatic heterocycles. The molecule has 15 rings (SSSR count). The van der Waals surface area contributed by atoms with E-state index >= 15 is 0 Å². The molecule has 6 aliphatic rings. The van der Waals surface area contributed by atoms with Crippen molar-refractivity contribution in [3.63, 3.8) is 0 Å². The molecule has 0 bridgehead atoms. The number of ether oxygens (including phenoxy) is 1. The minimum atomic E-state index is -0.262. The number of aromatic amines is 5. The molecule has 612 valence electrons. The molecular weight excluding hydrogens is 1450 g/mol. The topological polar surface area (TPSA) is 322 Å². The van der Waals surface area contributed by atoms with E-state index in [1.807, 2.05) is 106 Å². The molecule has 8 N–H and O–H groups in total. The van der Waals surface area contributed by atoms with Gasteiger partial charge in [-0.05, 0) is 220 Å². The van der Waals surface area contributed by atoms with Gasteiger partial charge in [-0.15, -0.1) is 0 Å². The highest BCUT2D eigenvalue weighted by molar-refractivity contribution is 5.88. The summed E-state index contributed by atoms with van der Waals surface area (Å²) < 4.78 is 5.61. The predicted molar refractivity (Wildman–Crippen MR) is 450 cm³/mol. The standard InChI is InChI=1S/C31H41N5O3.2C30H39N5O3/c1-4-22(37)11-6-5-7-13-26(34-29(38)24-19-31(24)14-16-36(2)17-15-31)28-32-20-27(33-28)23-18-21-10-8-9-12-25(21)35-30(23)39-3;2*1-3-21(36)10-5-4-6-12-25(34-29(38)23-18-30(23)13-15-35(2)16-14-30)27-31-19-26(32-27)22-17-20-9-7-8-11-24(20)33-28(22)37/h8-10,12,18,20,24,26H,4-7,11,13-17,19H2,1-3H3,(H,32,33)(H,34,38);2*7-9,11,17,19,23,25H,3-6,10,12-16,18H2,1-2H3,(H,31,32)(H,33,37)(H,34,38)/t24?,26-;23-,25+;23-,25-/m010/s1. The third-order valence-corrected chi connectivity index (χ3v) is 26.0. The Bertz CT molecular complexity index is 4780. The summed E-state index contributed by atoms with van der Waals surface area (Å²) in [6.45, 7) is 12.0. The van der Waals surface area contributed by atoms with Crippen LogP contribution in [0, 0.1) is 34.0 Å². The molecule has 3 aromatic carbocycles. The van der Waals surface area contributed by atoms with Crippen LogP contribution in [0.5, 0.6) is 5.88 Å². The first-order valence-electron chi connectivity index (χ1n) is 42.5. The number of amides is 3. The van der Waals surface area contributed by atoms with Gasteiger partial charge in [-0.2, -0.15) is 0 Å². The lowest BCUT2D eigenvalue weighted by Crippen LogP contribution is -2.36. The number of H-pyrrole nitrogens is 5. The Hall–Kier alpha value is -9.78. The Morgan fingerprint density at radius 3 is 1.10 bits per heavy atom. The van der Waals surface area contributed by atoms with E-state index in [-0.39, 0.29) is 81.0 Å². The fraction of sp³-hybridized carbons (Fsp3) is 0.538. The summed E-state index contributed by atoms with van der Waals surface area (Å²) in [7, 11) is 8.06. The number of aromatic nitrogens is 9. The Kier molecular flexibility index (Phi) is 27.4. The normalized spacial score (nSPS) is 19.4. The molecule has 3 amide bonds. The van der Waals surface area contributed by atoms with Crippen LogP contribution in [0.4, 0.5) is 0 Å². The number of para-hydroxylation sites is 3. The molecule has 3 saturated heterocycles. The molecular formula is C91H119N15O9. The first kappa shape index (κ1) is 83.2. The van der Waals surface area contributed by atoms with Gasteiger partial charge in [0, 0.05) is 72.7 Å². The number of hydrogen-bond donors (Lipinski definition) is 8. The maximum Gasteiger partial charge on any atom is 0.257 e. The van der Waals surface area contributed by atoms with Crippen molar-refractivity contribution in [1.82, 2.24) is 75.5 Å². The number of benzene rings is 3. The highest BCUT2D eigenvalue weighted by Gasteiger charge is 2.60. The van der Waals surface area contributed by atoms with Gasteiger partial charge in [0.15, 0.2) is 0 Å².